The van der Waals surface area contributed by atoms with E-state index in [1.54, 1.807) is 0 Å². The van der Waals surface area contributed by atoms with Crippen LogP contribution in [-0.4, -0.2) is 220 Å². The second-order valence-corrected chi connectivity index (χ2v) is 23.5. The van der Waals surface area contributed by atoms with Crippen molar-refractivity contribution in [3.8, 4) is 44.5 Å². The lowest BCUT2D eigenvalue weighted by molar-refractivity contribution is 0.675. The average molecular weight is 904 g/mol. The zero-order chi connectivity index (χ0) is 54.1. The molecule has 1 aromatic heterocycles. The van der Waals surface area contributed by atoms with Crippen molar-refractivity contribution in [3.05, 3.63) is 0 Å². The van der Waals surface area contributed by atoms with Gasteiger partial charge in [0.05, 0.1) is 0 Å². The molecule has 0 fully saturated rings. The Kier molecular flexibility index (Phi) is 13.5. The van der Waals surface area contributed by atoms with Crippen LogP contribution >= 0.6 is 0 Å². The standard InChI is InChI=1S/C44H56B28O/c45-15-7(30(60)41(71)43-13(15)14-31(61)38(68)40(70)42(72)44(14)73-43)1-3-5(18(48)34(64)32(62)16(3)46)2(6-4(1)17(47)33(63)35(65)19(6)49)8-20(50)22(52)9(23(53)21(8)51)10-24(54)26(56)11(27(57)25(10)55)12-28(58)36(66)39(69)37(67)29(12)59/h45-72H2. The highest BCUT2D eigenvalue weighted by Crippen LogP contribution is 2.40. The van der Waals surface area contributed by atoms with E-state index in [0.29, 0.717) is 0 Å². The molecule has 0 atom stereocenters. The van der Waals surface area contributed by atoms with Gasteiger partial charge in [-0.15, -0.1) is 43.7 Å². The Bertz CT molecular complexity index is 3950. The predicted octanol–water partition coefficient (Wildman–Crippen LogP) is -36.2. The number of hydrogen-bond donors (Lipinski definition) is 0. The first-order chi connectivity index (χ1) is 34.0. The fourth-order valence-electron chi connectivity index (χ4n) is 14.4. The Morgan fingerprint density at radius 2 is 0.274 bits per heavy atom. The highest BCUT2D eigenvalue weighted by atomic mass is 16.3. The van der Waals surface area contributed by atoms with Crippen molar-refractivity contribution in [2.45, 2.75) is 0 Å². The van der Waals surface area contributed by atoms with Crippen LogP contribution in [0.15, 0.2) is 4.42 Å². The van der Waals surface area contributed by atoms with Crippen LogP contribution in [0.2, 0.25) is 0 Å². The van der Waals surface area contributed by atoms with Crippen molar-refractivity contribution < 1.29 is 4.42 Å². The molecule has 1 heterocycles. The molecule has 8 aromatic carbocycles. The zero-order valence-electron chi connectivity index (χ0n) is 50.4. The van der Waals surface area contributed by atoms with Gasteiger partial charge in [0.2, 0.25) is 0 Å². The summed E-state index contributed by atoms with van der Waals surface area (Å²) in [5, 5.41) is 8.13. The smallest absolute Gasteiger partial charge is 0.143 e. The highest BCUT2D eigenvalue weighted by Gasteiger charge is 2.32. The second kappa shape index (κ2) is 18.3. The van der Waals surface area contributed by atoms with E-state index >= 15 is 0 Å². The predicted molar refractivity (Wildman–Crippen MR) is 419 cm³/mol. The zero-order valence-corrected chi connectivity index (χ0v) is 50.4. The third-order valence-corrected chi connectivity index (χ3v) is 21.0. The minimum absolute atomic E-state index is 1.03. The monoisotopic (exact) mass is 909 g/mol. The van der Waals surface area contributed by atoms with Crippen LogP contribution in [0.3, 0.4) is 0 Å². The maximum absolute atomic E-state index is 7.06. The van der Waals surface area contributed by atoms with Crippen molar-refractivity contribution in [2.24, 2.45) is 0 Å². The molecule has 0 spiro atoms. The molecular formula is C44H56B28O. The molecule has 0 saturated carbocycles. The molecule has 0 aliphatic carbocycles. The lowest BCUT2D eigenvalue weighted by Crippen LogP contribution is -2.57. The van der Waals surface area contributed by atoms with Gasteiger partial charge in [0.1, 0.15) is 231 Å². The summed E-state index contributed by atoms with van der Waals surface area (Å²) >= 11 is 0. The van der Waals surface area contributed by atoms with Gasteiger partial charge in [-0.3, -0.25) is 0 Å². The van der Waals surface area contributed by atoms with Gasteiger partial charge in [-0.2, -0.15) is 0 Å². The van der Waals surface area contributed by atoms with Crippen molar-refractivity contribution in [2.75, 3.05) is 0 Å². The quantitative estimate of drug-likeness (QED) is 0.127. The molecule has 0 bridgehead atoms. The van der Waals surface area contributed by atoms with Crippen LogP contribution in [0.25, 0.3) is 88.0 Å². The lowest BCUT2D eigenvalue weighted by atomic mass is 9.54. The summed E-state index contributed by atoms with van der Waals surface area (Å²) in [6, 6.07) is 0. The average Bonchev–Trinajstić information content (AvgIpc) is 3.77. The van der Waals surface area contributed by atoms with Crippen LogP contribution in [0.5, 0.6) is 0 Å². The van der Waals surface area contributed by atoms with E-state index < -0.39 is 0 Å². The Balaban J connectivity index is 1.48. The molecule has 9 aromatic rings. The first-order valence-electron chi connectivity index (χ1n) is 27.2. The molecule has 9 rings (SSSR count). The Morgan fingerprint density at radius 1 is 0.123 bits per heavy atom. The van der Waals surface area contributed by atoms with E-state index in [1.165, 1.54) is 230 Å². The summed E-state index contributed by atoms with van der Waals surface area (Å²) in [4.78, 5) is 0. The topological polar surface area (TPSA) is 13.1 Å². The summed E-state index contributed by atoms with van der Waals surface area (Å²) < 4.78 is 7.06. The summed E-state index contributed by atoms with van der Waals surface area (Å²) in [5.74, 6) is 0. The molecule has 73 heavy (non-hydrogen) atoms. The molecule has 322 valence electrons. The van der Waals surface area contributed by atoms with E-state index in [9.17, 15) is 0 Å². The number of fused-ring (bicyclic) bond motifs is 5. The minimum atomic E-state index is 1.03. The second-order valence-electron chi connectivity index (χ2n) is 23.5. The van der Waals surface area contributed by atoms with E-state index in [4.69, 9.17) is 4.42 Å². The lowest BCUT2D eigenvalue weighted by Gasteiger charge is -2.32. The third-order valence-electron chi connectivity index (χ3n) is 21.0. The molecular weight excluding hydrogens is 847 g/mol. The van der Waals surface area contributed by atoms with E-state index in [0.717, 1.165) is 11.2 Å². The van der Waals surface area contributed by atoms with E-state index in [2.05, 4.69) is 220 Å². The minimum Gasteiger partial charge on any atom is -0.457 e. The summed E-state index contributed by atoms with van der Waals surface area (Å²) in [5.41, 5.74) is 51.5. The highest BCUT2D eigenvalue weighted by molar-refractivity contribution is 6.76. The number of hydrogen-bond acceptors (Lipinski definition) is 1. The molecule has 0 saturated heterocycles. The molecule has 0 aliphatic rings. The summed E-state index contributed by atoms with van der Waals surface area (Å²) in [6.45, 7) is 0. The summed E-state index contributed by atoms with van der Waals surface area (Å²) in [7, 11) is 66.1. The van der Waals surface area contributed by atoms with Crippen molar-refractivity contribution >= 4 is 416 Å². The van der Waals surface area contributed by atoms with Crippen LogP contribution in [-0.2, 0) is 0 Å². The van der Waals surface area contributed by atoms with Gasteiger partial charge >= 0.3 is 0 Å². The fraction of sp³-hybridized carbons (Fsp3) is 0. The SMILES string of the molecule is Bc1c(B)c(B)c(-c2c(B)c(B)c(-c3c(B)c(B)c(-c4c5c(B)c(B)c(B)c(B)c5c(-c5c(B)c(B)c6oc7c(B)c(B)c(B)c(B)c7c6c5B)c5c(B)c(B)c(B)c(B)c45)c(B)c3B)c(B)c2B)c(B)c1B. The molecule has 0 aliphatic heterocycles. The number of furan rings is 1. The van der Waals surface area contributed by atoms with Crippen molar-refractivity contribution in [1.29, 1.82) is 0 Å². The normalized spacial score (nSPS) is 11.7. The Hall–Kier alpha value is -4.10. The van der Waals surface area contributed by atoms with Gasteiger partial charge in [-0.05, 0) is 66.1 Å². The van der Waals surface area contributed by atoms with Gasteiger partial charge in [-0.25, -0.2) is 0 Å². The largest absolute Gasteiger partial charge is 0.457 e. The van der Waals surface area contributed by atoms with Crippen molar-refractivity contribution in [1.82, 2.24) is 0 Å². The Morgan fingerprint density at radius 3 is 0.562 bits per heavy atom. The van der Waals surface area contributed by atoms with Crippen molar-refractivity contribution in [3.63, 3.8) is 0 Å². The van der Waals surface area contributed by atoms with Crippen LogP contribution in [0.1, 0.15) is 0 Å². The van der Waals surface area contributed by atoms with Gasteiger partial charge in [0, 0.05) is 10.8 Å². The first-order valence-corrected chi connectivity index (χ1v) is 27.2. The molecule has 0 N–H and O–H groups in total. The van der Waals surface area contributed by atoms with Gasteiger partial charge in [-0.1, -0.05) is 109 Å². The van der Waals surface area contributed by atoms with E-state index in [-0.39, 0.29) is 0 Å². The summed E-state index contributed by atoms with van der Waals surface area (Å²) in [6.07, 6.45) is 0. The Labute approximate surface area is 461 Å². The molecule has 0 amide bonds. The van der Waals surface area contributed by atoms with Gasteiger partial charge < -0.3 is 4.42 Å². The molecule has 1 nitrogen and oxygen atoms in total. The van der Waals surface area contributed by atoms with Crippen LogP contribution in [0, 0.1) is 0 Å². The maximum atomic E-state index is 7.06. The number of benzene rings is 8. The number of rotatable bonds is 4. The molecule has 0 radical (unpaired) electrons. The fourth-order valence-corrected chi connectivity index (χ4v) is 14.4. The maximum Gasteiger partial charge on any atom is 0.143 e. The molecule has 29 heteroatoms. The first kappa shape index (κ1) is 53.7. The van der Waals surface area contributed by atoms with E-state index in [1.807, 2.05) is 0 Å². The molecule has 0 unspecified atom stereocenters. The van der Waals surface area contributed by atoms with Crippen LogP contribution < -0.4 is 153 Å². The van der Waals surface area contributed by atoms with Gasteiger partial charge in [0.15, 0.2) is 0 Å². The van der Waals surface area contributed by atoms with Crippen LogP contribution in [0.4, 0.5) is 0 Å². The third kappa shape index (κ3) is 7.09. The van der Waals surface area contributed by atoms with Gasteiger partial charge in [0.25, 0.3) is 0 Å².